The summed E-state index contributed by atoms with van der Waals surface area (Å²) in [6, 6.07) is 5.72. The standard InChI is InChI=1S/C52H82BP/c1-17-47(18-2)31-45(13,14)41-37(47)30-38-42(46(15,16)32-48(38,19-3)20-4)44(41)54-53-43-39-35(49(21-5,22-6)33-51(39,25-9)26-10)29-36-40(43)52(27-11,28-12)34-50(36,23-7)24-8/h29-30H,17-28,31-34H2,1-16H3. The van der Waals surface area contributed by atoms with Crippen LogP contribution in [0.15, 0.2) is 12.1 Å². The average Bonchev–Trinajstić information content (AvgIpc) is 3.82. The molecule has 54 heavy (non-hydrogen) atoms. The summed E-state index contributed by atoms with van der Waals surface area (Å²) in [5.74, 6) is 0. The molecule has 0 radical (unpaired) electrons. The van der Waals surface area contributed by atoms with Crippen LogP contribution in [0.2, 0.25) is 0 Å². The van der Waals surface area contributed by atoms with Crippen molar-refractivity contribution in [1.82, 2.24) is 0 Å². The van der Waals surface area contributed by atoms with E-state index in [0.717, 1.165) is 0 Å². The van der Waals surface area contributed by atoms with E-state index >= 15 is 0 Å². The molecule has 0 fully saturated rings. The summed E-state index contributed by atoms with van der Waals surface area (Å²) in [5, 5.41) is 1.72. The van der Waals surface area contributed by atoms with Gasteiger partial charge in [-0.25, -0.2) is 0 Å². The predicted molar refractivity (Wildman–Crippen MR) is 243 cm³/mol. The molecule has 0 N–H and O–H groups in total. The van der Waals surface area contributed by atoms with Gasteiger partial charge in [0.05, 0.1) is 0 Å². The average molecular weight is 749 g/mol. The van der Waals surface area contributed by atoms with Gasteiger partial charge in [-0.2, -0.15) is 0 Å². The molecule has 0 amide bonds. The van der Waals surface area contributed by atoms with Gasteiger partial charge in [-0.15, -0.1) is 0 Å². The SMILES string of the molecule is CCC1(CC)CC(C)(C)c2c1cc1c(c2P=Bc2c3c(cc4c2C(CC)(CC)CC4(CC)CC)C(CC)(CC)CC3(CC)CC)C(C)(C)CC1(CC)CC. The van der Waals surface area contributed by atoms with E-state index in [4.69, 9.17) is 0 Å². The van der Waals surface area contributed by atoms with Crippen molar-refractivity contribution in [2.75, 3.05) is 0 Å². The fraction of sp³-hybridized carbons (Fsp3) is 0.769. The number of rotatable bonds is 14. The van der Waals surface area contributed by atoms with Crippen LogP contribution in [0.5, 0.6) is 0 Å². The van der Waals surface area contributed by atoms with E-state index in [1.54, 1.807) is 55.3 Å². The molecule has 298 valence electrons. The molecule has 0 spiro atoms. The zero-order valence-electron chi connectivity index (χ0n) is 38.5. The maximum absolute atomic E-state index is 2.90. The molecule has 0 saturated carbocycles. The topological polar surface area (TPSA) is 0 Å². The molecule has 6 rings (SSSR count). The van der Waals surface area contributed by atoms with Crippen molar-refractivity contribution >= 4 is 25.5 Å². The third-order valence-electron chi connectivity index (χ3n) is 18.7. The van der Waals surface area contributed by atoms with E-state index < -0.39 is 0 Å². The van der Waals surface area contributed by atoms with Crippen LogP contribution in [0, 0.1) is 0 Å². The van der Waals surface area contributed by atoms with Crippen molar-refractivity contribution in [2.24, 2.45) is 0 Å². The molecule has 4 aliphatic rings. The van der Waals surface area contributed by atoms with Gasteiger partial charge in [0.1, 0.15) is 0 Å². The maximum atomic E-state index is 2.90. The van der Waals surface area contributed by atoms with Gasteiger partial charge in [-0.3, -0.25) is 0 Å². The van der Waals surface area contributed by atoms with Crippen LogP contribution < -0.4 is 10.8 Å². The number of fused-ring (bicyclic) bond motifs is 4. The van der Waals surface area contributed by atoms with Crippen molar-refractivity contribution < 1.29 is 0 Å². The Bertz CT molecular complexity index is 1640. The molecular weight excluding hydrogens is 666 g/mol. The molecule has 2 aromatic carbocycles. The third-order valence-corrected chi connectivity index (χ3v) is 19.8. The Labute approximate surface area is 337 Å². The summed E-state index contributed by atoms with van der Waals surface area (Å²) in [4.78, 5) is 0. The fourth-order valence-electron chi connectivity index (χ4n) is 14.9. The molecule has 4 aliphatic carbocycles. The molecule has 0 heterocycles. The molecule has 0 saturated heterocycles. The minimum absolute atomic E-state index is 0.166. The van der Waals surface area contributed by atoms with E-state index in [2.05, 4.69) is 130 Å². The summed E-state index contributed by atoms with van der Waals surface area (Å²) in [5.41, 5.74) is 17.7. The minimum atomic E-state index is 0.166. The van der Waals surface area contributed by atoms with Gasteiger partial charge in [0, 0.05) is 0 Å². The van der Waals surface area contributed by atoms with Crippen LogP contribution in [0.25, 0.3) is 0 Å². The fourth-order valence-corrected chi connectivity index (χ4v) is 16.5. The van der Waals surface area contributed by atoms with Crippen LogP contribution in [0.4, 0.5) is 0 Å². The van der Waals surface area contributed by atoms with Crippen molar-refractivity contribution in [3.8, 4) is 0 Å². The van der Waals surface area contributed by atoms with Crippen molar-refractivity contribution in [3.05, 3.63) is 56.6 Å². The van der Waals surface area contributed by atoms with E-state index in [0.29, 0.717) is 0 Å². The molecular formula is C52H82BP. The molecule has 0 unspecified atom stereocenters. The second-order valence-corrected chi connectivity index (χ2v) is 21.8. The molecule has 0 aliphatic heterocycles. The normalized spacial score (nSPS) is 23.6. The second kappa shape index (κ2) is 14.3. The Hall–Kier alpha value is -1.20. The van der Waals surface area contributed by atoms with Crippen LogP contribution in [0.1, 0.15) is 258 Å². The summed E-state index contributed by atoms with van der Waals surface area (Å²) in [6.45, 7) is 43.5. The first-order valence-electron chi connectivity index (χ1n) is 23.5. The van der Waals surface area contributed by atoms with E-state index in [-0.39, 0.29) is 43.3 Å². The van der Waals surface area contributed by atoms with Gasteiger partial charge in [0.25, 0.3) is 0 Å². The van der Waals surface area contributed by atoms with Gasteiger partial charge in [0.15, 0.2) is 0 Å². The van der Waals surface area contributed by atoms with Crippen molar-refractivity contribution in [3.63, 3.8) is 0 Å². The monoisotopic (exact) mass is 749 g/mol. The Morgan fingerprint density at radius 2 is 0.648 bits per heavy atom. The Balaban J connectivity index is 1.82. The number of hydrogen-bond acceptors (Lipinski definition) is 0. The van der Waals surface area contributed by atoms with Crippen molar-refractivity contribution in [2.45, 2.75) is 257 Å². The molecule has 0 atom stereocenters. The van der Waals surface area contributed by atoms with Gasteiger partial charge < -0.3 is 0 Å². The first-order valence-corrected chi connectivity index (χ1v) is 24.4. The molecule has 0 aromatic heterocycles. The van der Waals surface area contributed by atoms with E-state index in [9.17, 15) is 0 Å². The third kappa shape index (κ3) is 5.47. The molecule has 2 aromatic rings. The van der Waals surface area contributed by atoms with E-state index in [1.165, 1.54) is 111 Å². The second-order valence-electron chi connectivity index (χ2n) is 20.9. The van der Waals surface area contributed by atoms with Crippen LogP contribution in [0.3, 0.4) is 0 Å². The van der Waals surface area contributed by atoms with Gasteiger partial charge in [-0.05, 0) is 0 Å². The van der Waals surface area contributed by atoms with Gasteiger partial charge in [0.2, 0.25) is 0 Å². The summed E-state index contributed by atoms with van der Waals surface area (Å²) in [7, 11) is 1.46. The Morgan fingerprint density at radius 3 is 0.926 bits per heavy atom. The first kappa shape index (κ1) is 42.4. The quantitative estimate of drug-likeness (QED) is 0.133. The summed E-state index contributed by atoms with van der Waals surface area (Å²) in [6.07, 6.45) is 20.2. The van der Waals surface area contributed by atoms with Gasteiger partial charge >= 0.3 is 339 Å². The number of benzene rings is 2. The zero-order valence-corrected chi connectivity index (χ0v) is 39.4. The molecule has 0 bridgehead atoms. The van der Waals surface area contributed by atoms with Crippen molar-refractivity contribution in [1.29, 1.82) is 0 Å². The molecule has 0 nitrogen and oxygen atoms in total. The zero-order chi connectivity index (χ0) is 39.9. The van der Waals surface area contributed by atoms with Crippen LogP contribution >= 0.6 is 8.07 Å². The predicted octanol–water partition coefficient (Wildman–Crippen LogP) is 14.7. The van der Waals surface area contributed by atoms with Crippen LogP contribution in [-0.4, -0.2) is 6.62 Å². The van der Waals surface area contributed by atoms with Crippen LogP contribution in [-0.2, 0) is 43.3 Å². The summed E-state index contributed by atoms with van der Waals surface area (Å²) < 4.78 is 0. The Morgan fingerprint density at radius 1 is 0.389 bits per heavy atom. The summed E-state index contributed by atoms with van der Waals surface area (Å²) >= 11 is 0. The molecule has 2 heteroatoms. The first-order chi connectivity index (χ1) is 25.5. The van der Waals surface area contributed by atoms with E-state index in [1.807, 2.05) is 0 Å². The number of hydrogen-bond donors (Lipinski definition) is 0. The Kier molecular flexibility index (Phi) is 11.2. The van der Waals surface area contributed by atoms with Gasteiger partial charge in [-0.1, -0.05) is 0 Å².